The third-order valence-corrected chi connectivity index (χ3v) is 4.14. The van der Waals surface area contributed by atoms with E-state index in [4.69, 9.17) is 9.47 Å². The topological polar surface area (TPSA) is 54.9 Å². The largest absolute Gasteiger partial charge is 0.374 e. The second-order valence-electron chi connectivity index (χ2n) is 4.90. The number of methoxy groups -OCH3 is 1. The van der Waals surface area contributed by atoms with E-state index in [2.05, 4.69) is 16.9 Å². The molecule has 2 rings (SSSR count). The van der Waals surface area contributed by atoms with Crippen molar-refractivity contribution in [2.75, 3.05) is 45.3 Å². The first kappa shape index (κ1) is 15.4. The molecule has 0 N–H and O–H groups in total. The van der Waals surface area contributed by atoms with Gasteiger partial charge in [-0.15, -0.1) is 11.3 Å². The Balaban J connectivity index is 2.08. The van der Waals surface area contributed by atoms with E-state index >= 15 is 0 Å². The number of hydrogen-bond donors (Lipinski definition) is 0. The molecule has 0 bridgehead atoms. The monoisotopic (exact) mass is 299 g/mol. The second-order valence-corrected chi connectivity index (χ2v) is 5.77. The molecule has 1 fully saturated rings. The van der Waals surface area contributed by atoms with E-state index in [1.54, 1.807) is 18.0 Å². The van der Waals surface area contributed by atoms with Crippen molar-refractivity contribution in [2.24, 2.45) is 0 Å². The van der Waals surface area contributed by atoms with Crippen LogP contribution in [0.15, 0.2) is 11.6 Å². The summed E-state index contributed by atoms with van der Waals surface area (Å²) in [6.07, 6.45) is 1.22. The zero-order valence-electron chi connectivity index (χ0n) is 12.1. The highest BCUT2D eigenvalue weighted by molar-refractivity contribution is 7.13. The number of morpholine rings is 1. The van der Waals surface area contributed by atoms with Gasteiger partial charge < -0.3 is 14.4 Å². The lowest BCUT2D eigenvalue weighted by atomic mass is 10.2. The average Bonchev–Trinajstić information content (AvgIpc) is 2.97. The zero-order valence-corrected chi connectivity index (χ0v) is 12.9. The van der Waals surface area contributed by atoms with E-state index < -0.39 is 6.10 Å². The third kappa shape index (κ3) is 3.76. The molecule has 112 valence electrons. The fourth-order valence-corrected chi connectivity index (χ4v) is 2.77. The molecule has 0 spiro atoms. The fraction of sp³-hybridized carbons (Fsp3) is 0.692. The maximum Gasteiger partial charge on any atom is 0.257 e. The van der Waals surface area contributed by atoms with Crippen molar-refractivity contribution in [3.8, 4) is 0 Å². The Hall–Kier alpha value is -1.02. The summed E-state index contributed by atoms with van der Waals surface area (Å²) in [5, 5.41) is 2.55. The van der Waals surface area contributed by atoms with Gasteiger partial charge in [-0.3, -0.25) is 9.69 Å². The number of anilines is 1. The first-order valence-electron chi connectivity index (χ1n) is 6.65. The van der Waals surface area contributed by atoms with Gasteiger partial charge in [-0.1, -0.05) is 0 Å². The average molecular weight is 299 g/mol. The number of ether oxygens (including phenoxy) is 2. The summed E-state index contributed by atoms with van der Waals surface area (Å²) in [5.41, 5.74) is 0. The third-order valence-electron chi connectivity index (χ3n) is 3.35. The molecule has 2 atom stereocenters. The van der Waals surface area contributed by atoms with Crippen LogP contribution in [0.5, 0.6) is 0 Å². The summed E-state index contributed by atoms with van der Waals surface area (Å²) in [5.74, 6) is -0.0840. The van der Waals surface area contributed by atoms with Gasteiger partial charge in [-0.25, -0.2) is 4.98 Å². The first-order valence-corrected chi connectivity index (χ1v) is 7.53. The van der Waals surface area contributed by atoms with E-state index in [0.717, 1.165) is 13.1 Å². The van der Waals surface area contributed by atoms with Crippen molar-refractivity contribution in [3.63, 3.8) is 0 Å². The minimum absolute atomic E-state index is 0.00524. The molecule has 1 aromatic heterocycles. The summed E-state index contributed by atoms with van der Waals surface area (Å²) >= 11 is 1.45. The summed E-state index contributed by atoms with van der Waals surface area (Å²) < 4.78 is 10.9. The summed E-state index contributed by atoms with van der Waals surface area (Å²) in [7, 11) is 3.59. The minimum Gasteiger partial charge on any atom is -0.374 e. The van der Waals surface area contributed by atoms with Crippen molar-refractivity contribution >= 4 is 22.4 Å². The standard InChI is InChI=1S/C13H21N3O3S/c1-10(18-3)12(17)16(13-14-4-7-20-13)9-11-8-15(2)5-6-19-11/h4,7,10-11H,5-6,8-9H2,1-3H3/t10-,11-/m0/s1. The maximum atomic E-state index is 12.4. The van der Waals surface area contributed by atoms with Gasteiger partial charge in [0.05, 0.1) is 19.3 Å². The number of hydrogen-bond acceptors (Lipinski definition) is 6. The van der Waals surface area contributed by atoms with Gasteiger partial charge in [0.25, 0.3) is 5.91 Å². The zero-order chi connectivity index (χ0) is 14.5. The van der Waals surface area contributed by atoms with E-state index in [1.165, 1.54) is 18.4 Å². The number of likely N-dealkylation sites (N-methyl/N-ethyl adjacent to an activating group) is 1. The molecule has 0 saturated carbocycles. The highest BCUT2D eigenvalue weighted by Crippen LogP contribution is 2.20. The van der Waals surface area contributed by atoms with Gasteiger partial charge in [0.2, 0.25) is 0 Å². The van der Waals surface area contributed by atoms with E-state index in [0.29, 0.717) is 18.3 Å². The van der Waals surface area contributed by atoms with Crippen molar-refractivity contribution < 1.29 is 14.3 Å². The molecule has 2 heterocycles. The molecule has 7 heteroatoms. The Labute approximate surface area is 123 Å². The van der Waals surface area contributed by atoms with Crippen LogP contribution in [-0.4, -0.2) is 68.4 Å². The van der Waals surface area contributed by atoms with Crippen LogP contribution >= 0.6 is 11.3 Å². The lowest BCUT2D eigenvalue weighted by Gasteiger charge is -2.33. The van der Waals surface area contributed by atoms with Crippen LogP contribution in [0.25, 0.3) is 0 Å². The molecule has 1 amide bonds. The number of rotatable bonds is 5. The van der Waals surface area contributed by atoms with E-state index in [-0.39, 0.29) is 12.0 Å². The molecule has 1 aromatic rings. The molecule has 1 saturated heterocycles. The number of thiazole rings is 1. The van der Waals surface area contributed by atoms with Gasteiger partial charge >= 0.3 is 0 Å². The molecule has 0 radical (unpaired) electrons. The van der Waals surface area contributed by atoms with Crippen LogP contribution in [0.1, 0.15) is 6.92 Å². The molecule has 1 aliphatic heterocycles. The summed E-state index contributed by atoms with van der Waals surface area (Å²) in [6.45, 7) is 4.69. The maximum absolute atomic E-state index is 12.4. The van der Waals surface area contributed by atoms with Crippen molar-refractivity contribution in [3.05, 3.63) is 11.6 Å². The van der Waals surface area contributed by atoms with Gasteiger partial charge in [-0.2, -0.15) is 0 Å². The SMILES string of the molecule is CO[C@@H](C)C(=O)N(C[C@@H]1CN(C)CCO1)c1nccs1. The van der Waals surface area contributed by atoms with Crippen molar-refractivity contribution in [1.29, 1.82) is 0 Å². The lowest BCUT2D eigenvalue weighted by molar-refractivity contribution is -0.128. The predicted octanol–water partition coefficient (Wildman–Crippen LogP) is 0.842. The van der Waals surface area contributed by atoms with Crippen molar-refractivity contribution in [1.82, 2.24) is 9.88 Å². The fourth-order valence-electron chi connectivity index (χ4n) is 2.11. The minimum atomic E-state index is -0.486. The molecule has 20 heavy (non-hydrogen) atoms. The molecule has 0 aromatic carbocycles. The number of aromatic nitrogens is 1. The molecule has 1 aliphatic rings. The molecule has 6 nitrogen and oxygen atoms in total. The molecular formula is C13H21N3O3S. The van der Waals surface area contributed by atoms with Gasteiger partial charge in [0.1, 0.15) is 6.10 Å². The summed E-state index contributed by atoms with van der Waals surface area (Å²) in [4.78, 5) is 20.5. The van der Waals surface area contributed by atoms with E-state index in [9.17, 15) is 4.79 Å². The van der Waals surface area contributed by atoms with Crippen molar-refractivity contribution in [2.45, 2.75) is 19.1 Å². The Morgan fingerprint density at radius 1 is 1.75 bits per heavy atom. The number of nitrogens with zero attached hydrogens (tertiary/aromatic N) is 3. The normalized spacial score (nSPS) is 21.6. The predicted molar refractivity (Wildman–Crippen MR) is 78.2 cm³/mol. The smallest absolute Gasteiger partial charge is 0.257 e. The Bertz CT molecular complexity index is 427. The van der Waals surface area contributed by atoms with Crippen LogP contribution in [0.3, 0.4) is 0 Å². The van der Waals surface area contributed by atoms with Gasteiger partial charge in [0.15, 0.2) is 5.13 Å². The number of amides is 1. The molecule has 0 aliphatic carbocycles. The van der Waals surface area contributed by atoms with Crippen LogP contribution in [0.2, 0.25) is 0 Å². The lowest BCUT2D eigenvalue weighted by Crippen LogP contribution is -2.49. The Kier molecular flexibility index (Phi) is 5.47. The highest BCUT2D eigenvalue weighted by Gasteiger charge is 2.28. The first-order chi connectivity index (χ1) is 9.61. The van der Waals surface area contributed by atoms with Gasteiger partial charge in [-0.05, 0) is 14.0 Å². The van der Waals surface area contributed by atoms with Crippen LogP contribution < -0.4 is 4.90 Å². The van der Waals surface area contributed by atoms with Crippen LogP contribution in [0.4, 0.5) is 5.13 Å². The highest BCUT2D eigenvalue weighted by atomic mass is 32.1. The van der Waals surface area contributed by atoms with E-state index in [1.807, 2.05) is 5.38 Å². The second kappa shape index (κ2) is 7.12. The summed E-state index contributed by atoms with van der Waals surface area (Å²) in [6, 6.07) is 0. The quantitative estimate of drug-likeness (QED) is 0.806. The van der Waals surface area contributed by atoms with Crippen LogP contribution in [0, 0.1) is 0 Å². The Morgan fingerprint density at radius 3 is 3.15 bits per heavy atom. The van der Waals surface area contributed by atoms with Crippen LogP contribution in [-0.2, 0) is 14.3 Å². The molecule has 0 unspecified atom stereocenters. The van der Waals surface area contributed by atoms with Gasteiger partial charge in [0, 0.05) is 31.8 Å². The number of carbonyl (C=O) groups excluding carboxylic acids is 1. The number of carbonyl (C=O) groups is 1. The molecular weight excluding hydrogens is 278 g/mol. The Morgan fingerprint density at radius 2 is 2.55 bits per heavy atom.